The van der Waals surface area contributed by atoms with Crippen LogP contribution in [0.25, 0.3) is 11.1 Å². The van der Waals surface area contributed by atoms with Crippen LogP contribution in [-0.2, 0) is 10.2 Å². The molecule has 5 heteroatoms. The molecule has 1 fully saturated rings. The maximum atomic E-state index is 11.7. The van der Waals surface area contributed by atoms with Gasteiger partial charge in [-0.15, -0.1) is 0 Å². The Hall–Kier alpha value is -2.14. The van der Waals surface area contributed by atoms with Crippen LogP contribution >= 0.6 is 0 Å². The van der Waals surface area contributed by atoms with Crippen molar-refractivity contribution in [1.82, 2.24) is 15.5 Å². The lowest BCUT2D eigenvalue weighted by Gasteiger charge is -2.34. The van der Waals surface area contributed by atoms with Crippen molar-refractivity contribution in [3.05, 3.63) is 42.2 Å². The number of H-pyrrole nitrogens is 1. The molecule has 104 valence electrons. The Labute approximate surface area is 117 Å². The van der Waals surface area contributed by atoms with Gasteiger partial charge in [0.1, 0.15) is 0 Å². The van der Waals surface area contributed by atoms with Crippen LogP contribution in [0.4, 0.5) is 0 Å². The Balaban J connectivity index is 1.94. The average Bonchev–Trinajstić information content (AvgIpc) is 3.02. The fraction of sp³-hybridized carbons (Fsp3) is 0.333. The molecule has 1 saturated heterocycles. The third-order valence-electron chi connectivity index (χ3n) is 4.14. The van der Waals surface area contributed by atoms with E-state index in [2.05, 4.69) is 15.5 Å². The van der Waals surface area contributed by atoms with E-state index in [1.54, 1.807) is 6.20 Å². The number of carboxylic acids is 1. The predicted molar refractivity (Wildman–Crippen MR) is 75.4 cm³/mol. The molecule has 1 aliphatic heterocycles. The number of nitrogens with one attached hydrogen (secondary N) is 2. The molecule has 0 atom stereocenters. The second kappa shape index (κ2) is 5.09. The van der Waals surface area contributed by atoms with E-state index in [-0.39, 0.29) is 0 Å². The maximum absolute atomic E-state index is 11.7. The molecule has 1 aromatic carbocycles. The Morgan fingerprint density at radius 2 is 1.85 bits per heavy atom. The Bertz CT molecular complexity index is 584. The molecule has 0 bridgehead atoms. The van der Waals surface area contributed by atoms with E-state index < -0.39 is 11.4 Å². The highest BCUT2D eigenvalue weighted by atomic mass is 16.4. The Kier molecular flexibility index (Phi) is 3.28. The number of aromatic nitrogens is 2. The molecule has 1 aromatic heterocycles. The van der Waals surface area contributed by atoms with Crippen molar-refractivity contribution in [3.63, 3.8) is 0 Å². The maximum Gasteiger partial charge on any atom is 0.314 e. The van der Waals surface area contributed by atoms with Gasteiger partial charge in [0.15, 0.2) is 0 Å². The summed E-state index contributed by atoms with van der Waals surface area (Å²) in [5, 5.41) is 19.6. The molecule has 2 heterocycles. The van der Waals surface area contributed by atoms with Gasteiger partial charge in [0.05, 0.1) is 11.6 Å². The quantitative estimate of drug-likeness (QED) is 0.795. The van der Waals surface area contributed by atoms with Gasteiger partial charge in [0.25, 0.3) is 0 Å². The second-order valence-electron chi connectivity index (χ2n) is 5.20. The highest BCUT2D eigenvalue weighted by Crippen LogP contribution is 2.34. The number of hydrogen-bond acceptors (Lipinski definition) is 3. The SMILES string of the molecule is O=C(O)C1(c2ccc(-c3cn[nH]c3)cc2)CCNCC1. The van der Waals surface area contributed by atoms with E-state index >= 15 is 0 Å². The molecule has 20 heavy (non-hydrogen) atoms. The van der Waals surface area contributed by atoms with Crippen molar-refractivity contribution in [1.29, 1.82) is 0 Å². The van der Waals surface area contributed by atoms with Gasteiger partial charge in [-0.25, -0.2) is 0 Å². The summed E-state index contributed by atoms with van der Waals surface area (Å²) in [7, 11) is 0. The minimum Gasteiger partial charge on any atom is -0.481 e. The van der Waals surface area contributed by atoms with Crippen LogP contribution in [0.5, 0.6) is 0 Å². The van der Waals surface area contributed by atoms with Crippen LogP contribution in [0.15, 0.2) is 36.7 Å². The van der Waals surface area contributed by atoms with Crippen molar-refractivity contribution >= 4 is 5.97 Å². The van der Waals surface area contributed by atoms with Crippen molar-refractivity contribution in [3.8, 4) is 11.1 Å². The van der Waals surface area contributed by atoms with Crippen molar-refractivity contribution in [2.24, 2.45) is 0 Å². The first-order valence-electron chi connectivity index (χ1n) is 6.76. The summed E-state index contributed by atoms with van der Waals surface area (Å²) in [6, 6.07) is 7.80. The van der Waals surface area contributed by atoms with Crippen molar-refractivity contribution in [2.45, 2.75) is 18.3 Å². The summed E-state index contributed by atoms with van der Waals surface area (Å²) in [5.74, 6) is -0.727. The molecule has 2 aromatic rings. The Morgan fingerprint density at radius 3 is 2.40 bits per heavy atom. The molecule has 0 spiro atoms. The van der Waals surface area contributed by atoms with Gasteiger partial charge in [-0.05, 0) is 37.1 Å². The van der Waals surface area contributed by atoms with Crippen molar-refractivity contribution < 1.29 is 9.90 Å². The van der Waals surface area contributed by atoms with Gasteiger partial charge >= 0.3 is 5.97 Å². The molecule has 0 amide bonds. The van der Waals surface area contributed by atoms with Crippen molar-refractivity contribution in [2.75, 3.05) is 13.1 Å². The molecule has 0 unspecified atom stereocenters. The number of aromatic amines is 1. The number of piperidine rings is 1. The van der Waals surface area contributed by atoms with Gasteiger partial charge in [0, 0.05) is 11.8 Å². The number of hydrogen-bond donors (Lipinski definition) is 3. The van der Waals surface area contributed by atoms with E-state index in [0.29, 0.717) is 12.8 Å². The molecule has 0 saturated carbocycles. The zero-order chi connectivity index (χ0) is 14.0. The third-order valence-corrected chi connectivity index (χ3v) is 4.14. The van der Waals surface area contributed by atoms with Crippen LogP contribution in [0.1, 0.15) is 18.4 Å². The first-order valence-corrected chi connectivity index (χ1v) is 6.76. The van der Waals surface area contributed by atoms with Gasteiger partial charge < -0.3 is 10.4 Å². The fourth-order valence-corrected chi connectivity index (χ4v) is 2.87. The van der Waals surface area contributed by atoms with E-state index in [1.165, 1.54) is 0 Å². The van der Waals surface area contributed by atoms with E-state index in [1.807, 2.05) is 30.5 Å². The van der Waals surface area contributed by atoms with Crippen LogP contribution < -0.4 is 5.32 Å². The summed E-state index contributed by atoms with van der Waals surface area (Å²) >= 11 is 0. The monoisotopic (exact) mass is 271 g/mol. The molecular weight excluding hydrogens is 254 g/mol. The lowest BCUT2D eigenvalue weighted by molar-refractivity contribution is -0.145. The molecule has 5 nitrogen and oxygen atoms in total. The third kappa shape index (κ3) is 2.10. The number of carboxylic acid groups (broad SMARTS) is 1. The summed E-state index contributed by atoms with van der Waals surface area (Å²) in [5.41, 5.74) is 2.18. The zero-order valence-electron chi connectivity index (χ0n) is 11.1. The van der Waals surface area contributed by atoms with Gasteiger partial charge in [-0.1, -0.05) is 24.3 Å². The normalized spacial score (nSPS) is 17.8. The van der Waals surface area contributed by atoms with E-state index in [0.717, 1.165) is 29.8 Å². The van der Waals surface area contributed by atoms with Gasteiger partial charge in [-0.3, -0.25) is 9.89 Å². The highest BCUT2D eigenvalue weighted by Gasteiger charge is 2.41. The van der Waals surface area contributed by atoms with Gasteiger partial charge in [-0.2, -0.15) is 5.10 Å². The Morgan fingerprint density at radius 1 is 1.15 bits per heavy atom. The number of carbonyl (C=O) groups is 1. The summed E-state index contributed by atoms with van der Waals surface area (Å²) in [6.45, 7) is 1.49. The zero-order valence-corrected chi connectivity index (χ0v) is 11.1. The van der Waals surface area contributed by atoms with Gasteiger partial charge in [0.2, 0.25) is 0 Å². The molecule has 3 N–H and O–H groups in total. The largest absolute Gasteiger partial charge is 0.481 e. The lowest BCUT2D eigenvalue weighted by Crippen LogP contribution is -2.45. The predicted octanol–water partition coefficient (Wildman–Crippen LogP) is 1.78. The lowest BCUT2D eigenvalue weighted by atomic mass is 9.73. The average molecular weight is 271 g/mol. The minimum absolute atomic E-state index is 0.632. The second-order valence-corrected chi connectivity index (χ2v) is 5.20. The summed E-state index contributed by atoms with van der Waals surface area (Å²) < 4.78 is 0. The molecular formula is C15H17N3O2. The standard InChI is InChI=1S/C15H17N3O2/c19-14(20)15(5-7-16-8-6-15)13-3-1-11(2-4-13)12-9-17-18-10-12/h1-4,9-10,16H,5-8H2,(H,17,18)(H,19,20). The number of rotatable bonds is 3. The van der Waals surface area contributed by atoms with Crippen LogP contribution in [0.2, 0.25) is 0 Å². The molecule has 0 radical (unpaired) electrons. The summed E-state index contributed by atoms with van der Waals surface area (Å²) in [4.78, 5) is 11.7. The van der Waals surface area contributed by atoms with E-state index in [4.69, 9.17) is 0 Å². The van der Waals surface area contributed by atoms with Crippen LogP contribution in [-0.4, -0.2) is 34.4 Å². The first kappa shape index (κ1) is 12.9. The molecule has 0 aliphatic carbocycles. The van der Waals surface area contributed by atoms with Crippen LogP contribution in [0, 0.1) is 0 Å². The molecule has 1 aliphatic rings. The van der Waals surface area contributed by atoms with E-state index in [9.17, 15) is 9.90 Å². The topological polar surface area (TPSA) is 78.0 Å². The fourth-order valence-electron chi connectivity index (χ4n) is 2.87. The summed E-state index contributed by atoms with van der Waals surface area (Å²) in [6.07, 6.45) is 4.85. The minimum atomic E-state index is -0.750. The highest BCUT2D eigenvalue weighted by molar-refractivity contribution is 5.82. The van der Waals surface area contributed by atoms with Crippen LogP contribution in [0.3, 0.4) is 0 Å². The first-order chi connectivity index (χ1) is 9.72. The number of benzene rings is 1. The smallest absolute Gasteiger partial charge is 0.314 e. The number of nitrogens with zero attached hydrogens (tertiary/aromatic N) is 1. The molecule has 3 rings (SSSR count). The number of aliphatic carboxylic acids is 1.